The van der Waals surface area contributed by atoms with Gasteiger partial charge in [0.25, 0.3) is 0 Å². The molecular weight excluding hydrogens is 278 g/mol. The Kier molecular flexibility index (Phi) is 4.10. The maximum Gasteiger partial charge on any atom is 0.246 e. The summed E-state index contributed by atoms with van der Waals surface area (Å²) < 4.78 is 50.6. The van der Waals surface area contributed by atoms with Gasteiger partial charge < -0.3 is 5.73 Å². The zero-order valence-corrected chi connectivity index (χ0v) is 9.07. The summed E-state index contributed by atoms with van der Waals surface area (Å²) in [6, 6.07) is 1.91. The van der Waals surface area contributed by atoms with Gasteiger partial charge in [-0.25, -0.2) is 17.6 Å². The van der Waals surface area contributed by atoms with Crippen LogP contribution in [0.3, 0.4) is 0 Å². The van der Waals surface area contributed by atoms with Crippen LogP contribution in [0.2, 0.25) is 0 Å². The Balaban J connectivity index is 3.19. The molecule has 15 heavy (non-hydrogen) atoms. The summed E-state index contributed by atoms with van der Waals surface area (Å²) in [6.07, 6.45) is -2.78. The number of benzene rings is 1. The lowest BCUT2D eigenvalue weighted by Gasteiger charge is -2.15. The lowest BCUT2D eigenvalue weighted by atomic mass is 9.99. The minimum atomic E-state index is -2.78. The highest BCUT2D eigenvalue weighted by Crippen LogP contribution is 2.30. The third-order valence-electron chi connectivity index (χ3n) is 2.02. The Labute approximate surface area is 92.4 Å². The van der Waals surface area contributed by atoms with Crippen LogP contribution in [0.4, 0.5) is 17.6 Å². The Bertz CT molecular complexity index is 356. The lowest BCUT2D eigenvalue weighted by Crippen LogP contribution is -2.21. The molecule has 2 N–H and O–H groups in total. The average Bonchev–Trinajstić information content (AvgIpc) is 2.18. The lowest BCUT2D eigenvalue weighted by molar-refractivity contribution is 0.115. The van der Waals surface area contributed by atoms with Gasteiger partial charge in [-0.15, -0.1) is 0 Å². The molecule has 0 saturated carbocycles. The SMILES string of the molecule is NCC(c1ccc(F)c(Br)c1F)C(F)F. The zero-order valence-electron chi connectivity index (χ0n) is 7.48. The Morgan fingerprint density at radius 2 is 1.87 bits per heavy atom. The molecule has 0 aliphatic heterocycles. The smallest absolute Gasteiger partial charge is 0.246 e. The van der Waals surface area contributed by atoms with Gasteiger partial charge in [0, 0.05) is 6.54 Å². The van der Waals surface area contributed by atoms with Crippen molar-refractivity contribution in [3.63, 3.8) is 0 Å². The first-order valence-corrected chi connectivity index (χ1v) is 4.90. The molecule has 0 amide bonds. The molecule has 0 saturated heterocycles. The number of hydrogen-bond donors (Lipinski definition) is 1. The van der Waals surface area contributed by atoms with Crippen LogP contribution >= 0.6 is 15.9 Å². The summed E-state index contributed by atoms with van der Waals surface area (Å²) in [6.45, 7) is -0.396. The summed E-state index contributed by atoms with van der Waals surface area (Å²) in [5, 5.41) is 0. The second kappa shape index (κ2) is 4.94. The molecule has 84 valence electrons. The van der Waals surface area contributed by atoms with Crippen LogP contribution in [-0.4, -0.2) is 13.0 Å². The van der Waals surface area contributed by atoms with Crippen LogP contribution in [0.5, 0.6) is 0 Å². The predicted molar refractivity (Wildman–Crippen MR) is 51.9 cm³/mol. The molecule has 0 fully saturated rings. The van der Waals surface area contributed by atoms with E-state index in [0.717, 1.165) is 12.1 Å². The van der Waals surface area contributed by atoms with E-state index in [4.69, 9.17) is 5.73 Å². The second-order valence-corrected chi connectivity index (χ2v) is 3.73. The normalized spacial score (nSPS) is 13.3. The maximum absolute atomic E-state index is 13.4. The maximum atomic E-state index is 13.4. The van der Waals surface area contributed by atoms with E-state index in [9.17, 15) is 17.6 Å². The molecule has 0 bridgehead atoms. The van der Waals surface area contributed by atoms with Crippen molar-refractivity contribution in [2.75, 3.05) is 6.54 Å². The first-order valence-electron chi connectivity index (χ1n) is 4.10. The molecule has 0 aliphatic carbocycles. The van der Waals surface area contributed by atoms with E-state index in [1.807, 2.05) is 0 Å². The fourth-order valence-corrected chi connectivity index (χ4v) is 1.55. The van der Waals surface area contributed by atoms with Gasteiger partial charge in [-0.2, -0.15) is 0 Å². The van der Waals surface area contributed by atoms with E-state index in [0.29, 0.717) is 0 Å². The van der Waals surface area contributed by atoms with Crippen molar-refractivity contribution in [3.8, 4) is 0 Å². The average molecular weight is 286 g/mol. The summed E-state index contributed by atoms with van der Waals surface area (Å²) in [5.74, 6) is -3.27. The van der Waals surface area contributed by atoms with Gasteiger partial charge in [-0.05, 0) is 27.6 Å². The Hall–Kier alpha value is -0.620. The molecule has 1 aromatic carbocycles. The van der Waals surface area contributed by atoms with E-state index in [2.05, 4.69) is 15.9 Å². The third-order valence-corrected chi connectivity index (χ3v) is 2.75. The molecule has 0 heterocycles. The van der Waals surface area contributed by atoms with Crippen molar-refractivity contribution >= 4 is 15.9 Å². The molecule has 1 nitrogen and oxygen atoms in total. The quantitative estimate of drug-likeness (QED) is 0.670. The van der Waals surface area contributed by atoms with E-state index in [1.165, 1.54) is 0 Å². The largest absolute Gasteiger partial charge is 0.330 e. The topological polar surface area (TPSA) is 26.0 Å². The van der Waals surface area contributed by atoms with Crippen molar-refractivity contribution < 1.29 is 17.6 Å². The van der Waals surface area contributed by atoms with Crippen molar-refractivity contribution in [1.29, 1.82) is 0 Å². The fourth-order valence-electron chi connectivity index (χ4n) is 1.19. The predicted octanol–water partition coefficient (Wildman–Crippen LogP) is 3.03. The van der Waals surface area contributed by atoms with Crippen LogP contribution in [0.15, 0.2) is 16.6 Å². The molecule has 1 aromatic rings. The third kappa shape index (κ3) is 2.49. The number of halogens is 5. The molecule has 0 spiro atoms. The van der Waals surface area contributed by atoms with Gasteiger partial charge in [0.1, 0.15) is 11.6 Å². The van der Waals surface area contributed by atoms with E-state index >= 15 is 0 Å². The zero-order chi connectivity index (χ0) is 11.6. The van der Waals surface area contributed by atoms with Gasteiger partial charge >= 0.3 is 0 Å². The van der Waals surface area contributed by atoms with E-state index in [-0.39, 0.29) is 5.56 Å². The molecule has 0 aromatic heterocycles. The summed E-state index contributed by atoms with van der Waals surface area (Å²) in [4.78, 5) is 0. The summed E-state index contributed by atoms with van der Waals surface area (Å²) in [5.41, 5.74) is 4.83. The number of hydrogen-bond acceptors (Lipinski definition) is 1. The fraction of sp³-hybridized carbons (Fsp3) is 0.333. The van der Waals surface area contributed by atoms with Crippen molar-refractivity contribution in [2.45, 2.75) is 12.3 Å². The van der Waals surface area contributed by atoms with E-state index < -0.39 is 35.0 Å². The molecule has 6 heteroatoms. The van der Waals surface area contributed by atoms with Crippen molar-refractivity contribution in [1.82, 2.24) is 0 Å². The van der Waals surface area contributed by atoms with Gasteiger partial charge in [-0.1, -0.05) is 6.07 Å². The Morgan fingerprint density at radius 1 is 1.27 bits per heavy atom. The standard InChI is InChI=1S/C9H8BrF4N/c10-7-6(11)2-1-4(8(7)12)5(3-15)9(13)14/h1-2,5,9H,3,15H2. The Morgan fingerprint density at radius 3 is 2.33 bits per heavy atom. The highest BCUT2D eigenvalue weighted by molar-refractivity contribution is 9.10. The highest BCUT2D eigenvalue weighted by atomic mass is 79.9. The summed E-state index contributed by atoms with van der Waals surface area (Å²) >= 11 is 2.64. The second-order valence-electron chi connectivity index (χ2n) is 2.94. The number of nitrogens with two attached hydrogens (primary N) is 1. The van der Waals surface area contributed by atoms with Crippen LogP contribution < -0.4 is 5.73 Å². The number of alkyl halides is 2. The van der Waals surface area contributed by atoms with Gasteiger partial charge in [0.05, 0.1) is 10.4 Å². The van der Waals surface area contributed by atoms with Gasteiger partial charge in [-0.3, -0.25) is 0 Å². The molecule has 0 aliphatic rings. The first kappa shape index (κ1) is 12.4. The molecular formula is C9H8BrF4N. The van der Waals surface area contributed by atoms with Crippen molar-refractivity contribution in [3.05, 3.63) is 33.8 Å². The minimum absolute atomic E-state index is 0.277. The number of rotatable bonds is 3. The molecule has 1 rings (SSSR count). The minimum Gasteiger partial charge on any atom is -0.330 e. The van der Waals surface area contributed by atoms with Gasteiger partial charge in [0.2, 0.25) is 6.43 Å². The van der Waals surface area contributed by atoms with Gasteiger partial charge in [0.15, 0.2) is 0 Å². The molecule has 0 radical (unpaired) electrons. The molecule has 1 atom stereocenters. The van der Waals surface area contributed by atoms with E-state index in [1.54, 1.807) is 0 Å². The van der Waals surface area contributed by atoms with Crippen LogP contribution in [0.1, 0.15) is 11.5 Å². The monoisotopic (exact) mass is 285 g/mol. The highest BCUT2D eigenvalue weighted by Gasteiger charge is 2.25. The summed E-state index contributed by atoms with van der Waals surface area (Å²) in [7, 11) is 0. The molecule has 1 unspecified atom stereocenters. The van der Waals surface area contributed by atoms with Crippen LogP contribution in [-0.2, 0) is 0 Å². The first-order chi connectivity index (χ1) is 6.99. The van der Waals surface area contributed by atoms with Crippen molar-refractivity contribution in [2.24, 2.45) is 5.73 Å². The van der Waals surface area contributed by atoms with Crippen LogP contribution in [0.25, 0.3) is 0 Å². The van der Waals surface area contributed by atoms with Crippen LogP contribution in [0, 0.1) is 11.6 Å².